The zero-order valence-electron chi connectivity index (χ0n) is 9.60. The Labute approximate surface area is 99.5 Å². The smallest absolute Gasteiger partial charge is 0.338 e. The van der Waals surface area contributed by atoms with E-state index in [2.05, 4.69) is 6.58 Å². The summed E-state index contributed by atoms with van der Waals surface area (Å²) in [6.45, 7) is 5.88. The maximum Gasteiger partial charge on any atom is 0.338 e. The van der Waals surface area contributed by atoms with Crippen LogP contribution in [-0.4, -0.2) is 18.5 Å². The molecule has 0 atom stereocenters. The first-order valence-electron chi connectivity index (χ1n) is 5.41. The summed E-state index contributed by atoms with van der Waals surface area (Å²) in [5, 5.41) is 0. The fourth-order valence-corrected chi connectivity index (χ4v) is 1.71. The SMILES string of the molecule is C=C1CC(=O)N1c1ccc(C(=O)OCC)cc1. The Morgan fingerprint density at radius 3 is 2.53 bits per heavy atom. The number of amides is 1. The Kier molecular flexibility index (Phi) is 2.95. The van der Waals surface area contributed by atoms with Crippen LogP contribution in [0.2, 0.25) is 0 Å². The Bertz CT molecular complexity index is 462. The summed E-state index contributed by atoms with van der Waals surface area (Å²) in [4.78, 5) is 24.3. The Balaban J connectivity index is 2.16. The van der Waals surface area contributed by atoms with E-state index in [4.69, 9.17) is 4.74 Å². The third-order valence-corrected chi connectivity index (χ3v) is 2.56. The lowest BCUT2D eigenvalue weighted by atomic mass is 10.1. The molecule has 0 radical (unpaired) electrons. The maximum absolute atomic E-state index is 11.4. The fourth-order valence-electron chi connectivity index (χ4n) is 1.71. The highest BCUT2D eigenvalue weighted by molar-refractivity contribution is 6.05. The van der Waals surface area contributed by atoms with Crippen molar-refractivity contribution in [3.8, 4) is 0 Å². The molecule has 4 nitrogen and oxygen atoms in total. The molecule has 17 heavy (non-hydrogen) atoms. The summed E-state index contributed by atoms with van der Waals surface area (Å²) in [5.74, 6) is -0.327. The van der Waals surface area contributed by atoms with E-state index in [1.165, 1.54) is 4.90 Å². The molecule has 1 fully saturated rings. The summed E-state index contributed by atoms with van der Waals surface area (Å²) < 4.78 is 4.87. The van der Waals surface area contributed by atoms with Crippen molar-refractivity contribution in [3.05, 3.63) is 42.1 Å². The third kappa shape index (κ3) is 2.06. The highest BCUT2D eigenvalue weighted by Gasteiger charge is 2.29. The predicted octanol–water partition coefficient (Wildman–Crippen LogP) is 2.11. The molecular weight excluding hydrogens is 218 g/mol. The van der Waals surface area contributed by atoms with E-state index in [9.17, 15) is 9.59 Å². The number of β-lactam (4-membered cyclic amide) rings is 1. The van der Waals surface area contributed by atoms with Gasteiger partial charge in [-0.25, -0.2) is 4.79 Å². The zero-order valence-corrected chi connectivity index (χ0v) is 9.60. The molecule has 0 aliphatic carbocycles. The van der Waals surface area contributed by atoms with Gasteiger partial charge in [-0.05, 0) is 31.2 Å². The van der Waals surface area contributed by atoms with Gasteiger partial charge in [0.15, 0.2) is 0 Å². The lowest BCUT2D eigenvalue weighted by Crippen LogP contribution is -2.40. The van der Waals surface area contributed by atoms with Gasteiger partial charge < -0.3 is 4.74 Å². The molecule has 1 aliphatic rings. The molecule has 0 bridgehead atoms. The lowest BCUT2D eigenvalue weighted by molar-refractivity contribution is -0.120. The molecule has 1 saturated heterocycles. The molecule has 1 aromatic carbocycles. The van der Waals surface area contributed by atoms with Crippen LogP contribution in [-0.2, 0) is 9.53 Å². The van der Waals surface area contributed by atoms with Gasteiger partial charge in [0.1, 0.15) is 0 Å². The fraction of sp³-hybridized carbons (Fsp3) is 0.231. The minimum atomic E-state index is -0.354. The second-order valence-corrected chi connectivity index (χ2v) is 3.74. The molecule has 0 unspecified atom stereocenters. The van der Waals surface area contributed by atoms with Crippen molar-refractivity contribution in [1.82, 2.24) is 0 Å². The Hall–Kier alpha value is -2.10. The first-order valence-corrected chi connectivity index (χ1v) is 5.41. The molecule has 1 heterocycles. The van der Waals surface area contributed by atoms with Crippen LogP contribution < -0.4 is 4.90 Å². The topological polar surface area (TPSA) is 46.6 Å². The Morgan fingerprint density at radius 2 is 2.06 bits per heavy atom. The number of carbonyl (C=O) groups is 2. The Morgan fingerprint density at radius 1 is 1.41 bits per heavy atom. The summed E-state index contributed by atoms with van der Waals surface area (Å²) in [7, 11) is 0. The molecule has 0 spiro atoms. The monoisotopic (exact) mass is 231 g/mol. The van der Waals surface area contributed by atoms with E-state index in [1.54, 1.807) is 31.2 Å². The third-order valence-electron chi connectivity index (χ3n) is 2.56. The van der Waals surface area contributed by atoms with E-state index < -0.39 is 0 Å². The van der Waals surface area contributed by atoms with Crippen LogP contribution in [0.5, 0.6) is 0 Å². The number of carbonyl (C=O) groups excluding carboxylic acids is 2. The van der Waals surface area contributed by atoms with Gasteiger partial charge in [0.25, 0.3) is 0 Å². The van der Waals surface area contributed by atoms with Crippen LogP contribution in [0.4, 0.5) is 5.69 Å². The number of benzene rings is 1. The van der Waals surface area contributed by atoms with E-state index in [1.807, 2.05) is 0 Å². The molecule has 88 valence electrons. The van der Waals surface area contributed by atoms with Crippen LogP contribution in [0.25, 0.3) is 0 Å². The minimum Gasteiger partial charge on any atom is -0.462 e. The summed E-state index contributed by atoms with van der Waals surface area (Å²) in [6, 6.07) is 6.72. The molecule has 0 N–H and O–H groups in total. The van der Waals surface area contributed by atoms with Gasteiger partial charge in [0.2, 0.25) is 5.91 Å². The normalized spacial score (nSPS) is 14.5. The average molecular weight is 231 g/mol. The quantitative estimate of drug-likeness (QED) is 0.591. The first kappa shape index (κ1) is 11.4. The largest absolute Gasteiger partial charge is 0.462 e. The van der Waals surface area contributed by atoms with Crippen LogP contribution in [0.15, 0.2) is 36.5 Å². The maximum atomic E-state index is 11.4. The summed E-state index contributed by atoms with van der Waals surface area (Å²) in [5.41, 5.74) is 1.99. The van der Waals surface area contributed by atoms with Gasteiger partial charge in [-0.1, -0.05) is 6.58 Å². The summed E-state index contributed by atoms with van der Waals surface area (Å²) >= 11 is 0. The number of hydrogen-bond donors (Lipinski definition) is 0. The second kappa shape index (κ2) is 4.41. The van der Waals surface area contributed by atoms with Gasteiger partial charge in [-0.3, -0.25) is 9.69 Å². The van der Waals surface area contributed by atoms with Gasteiger partial charge in [0, 0.05) is 11.4 Å². The molecule has 2 rings (SSSR count). The van der Waals surface area contributed by atoms with E-state index in [0.29, 0.717) is 18.6 Å². The van der Waals surface area contributed by atoms with Crippen molar-refractivity contribution in [1.29, 1.82) is 0 Å². The van der Waals surface area contributed by atoms with Crippen LogP contribution in [0.1, 0.15) is 23.7 Å². The van der Waals surface area contributed by atoms with Crippen LogP contribution >= 0.6 is 0 Å². The van der Waals surface area contributed by atoms with Crippen molar-refractivity contribution in [2.45, 2.75) is 13.3 Å². The standard InChI is InChI=1S/C13H13NO3/c1-3-17-13(16)10-4-6-11(7-5-10)14-9(2)8-12(14)15/h4-7H,2-3,8H2,1H3. The molecule has 1 amide bonds. The number of esters is 1. The molecule has 1 aromatic rings. The lowest BCUT2D eigenvalue weighted by Gasteiger charge is -2.33. The van der Waals surface area contributed by atoms with Crippen LogP contribution in [0.3, 0.4) is 0 Å². The molecule has 4 heteroatoms. The number of anilines is 1. The van der Waals surface area contributed by atoms with Crippen LogP contribution in [0, 0.1) is 0 Å². The van der Waals surface area contributed by atoms with Gasteiger partial charge >= 0.3 is 5.97 Å². The zero-order chi connectivity index (χ0) is 12.4. The minimum absolute atomic E-state index is 0.0267. The van der Waals surface area contributed by atoms with E-state index >= 15 is 0 Å². The predicted molar refractivity (Wildman–Crippen MR) is 63.6 cm³/mol. The number of nitrogens with zero attached hydrogens (tertiary/aromatic N) is 1. The first-order chi connectivity index (χ1) is 8.13. The summed E-state index contributed by atoms with van der Waals surface area (Å²) in [6.07, 6.45) is 0.402. The molecule has 1 aliphatic heterocycles. The highest BCUT2D eigenvalue weighted by Crippen LogP contribution is 2.29. The van der Waals surface area contributed by atoms with E-state index in [-0.39, 0.29) is 11.9 Å². The molecular formula is C13H13NO3. The number of rotatable bonds is 3. The second-order valence-electron chi connectivity index (χ2n) is 3.74. The van der Waals surface area contributed by atoms with Gasteiger partial charge in [0.05, 0.1) is 18.6 Å². The van der Waals surface area contributed by atoms with Crippen molar-refractivity contribution in [3.63, 3.8) is 0 Å². The van der Waals surface area contributed by atoms with Crippen molar-refractivity contribution >= 4 is 17.6 Å². The molecule has 0 aromatic heterocycles. The van der Waals surface area contributed by atoms with Crippen molar-refractivity contribution in [2.75, 3.05) is 11.5 Å². The average Bonchev–Trinajstić information content (AvgIpc) is 2.30. The highest BCUT2D eigenvalue weighted by atomic mass is 16.5. The molecule has 0 saturated carbocycles. The van der Waals surface area contributed by atoms with Gasteiger partial charge in [-0.15, -0.1) is 0 Å². The van der Waals surface area contributed by atoms with Crippen molar-refractivity contribution < 1.29 is 14.3 Å². The number of ether oxygens (including phenoxy) is 1. The van der Waals surface area contributed by atoms with Gasteiger partial charge in [-0.2, -0.15) is 0 Å². The van der Waals surface area contributed by atoms with E-state index in [0.717, 1.165) is 11.4 Å². The van der Waals surface area contributed by atoms with Crippen molar-refractivity contribution in [2.24, 2.45) is 0 Å². The number of hydrogen-bond acceptors (Lipinski definition) is 3.